The summed E-state index contributed by atoms with van der Waals surface area (Å²) in [5, 5.41) is 0. The molecule has 0 aliphatic heterocycles. The maximum absolute atomic E-state index is 5.74. The van der Waals surface area contributed by atoms with Crippen LogP contribution < -0.4 is 10.5 Å². The Morgan fingerprint density at radius 1 is 1.36 bits per heavy atom. The zero-order chi connectivity index (χ0) is 10.6. The molecule has 1 aromatic rings. The summed E-state index contributed by atoms with van der Waals surface area (Å²) in [6.07, 6.45) is 0.0806. The number of nitrogens with two attached hydrogens (primary N) is 1. The van der Waals surface area contributed by atoms with Gasteiger partial charge in [0.2, 0.25) is 0 Å². The number of hydrogen-bond acceptors (Lipinski definition) is 3. The molecule has 0 radical (unpaired) electrons. The van der Waals surface area contributed by atoms with E-state index >= 15 is 0 Å². The van der Waals surface area contributed by atoms with Crippen LogP contribution in [0.3, 0.4) is 0 Å². The highest BCUT2D eigenvalue weighted by atomic mass is 16.5. The van der Waals surface area contributed by atoms with Gasteiger partial charge in [0.1, 0.15) is 5.75 Å². The maximum atomic E-state index is 5.74. The number of benzene rings is 1. The highest BCUT2D eigenvalue weighted by Gasteiger charge is 2.03. The molecule has 1 unspecified atom stereocenters. The molecule has 1 aromatic carbocycles. The molecule has 0 aliphatic rings. The molecule has 1 atom stereocenters. The third kappa shape index (κ3) is 3.01. The van der Waals surface area contributed by atoms with Crippen molar-refractivity contribution in [1.82, 2.24) is 4.90 Å². The predicted molar refractivity (Wildman–Crippen MR) is 58.1 cm³/mol. The molecule has 14 heavy (non-hydrogen) atoms. The molecular formula is C11H18N2O. The molecule has 0 spiro atoms. The van der Waals surface area contributed by atoms with E-state index in [2.05, 4.69) is 17.0 Å². The predicted octanol–water partition coefficient (Wildman–Crippen LogP) is 1.43. The van der Waals surface area contributed by atoms with Crippen LogP contribution in [0.5, 0.6) is 5.75 Å². The highest BCUT2D eigenvalue weighted by Crippen LogP contribution is 2.12. The number of rotatable bonds is 4. The number of nitrogens with zero attached hydrogens (tertiary/aromatic N) is 1. The van der Waals surface area contributed by atoms with Crippen molar-refractivity contribution in [1.29, 1.82) is 0 Å². The third-order valence-electron chi connectivity index (χ3n) is 2.29. The van der Waals surface area contributed by atoms with Crippen molar-refractivity contribution in [2.75, 3.05) is 14.2 Å². The molecule has 0 fully saturated rings. The average Bonchev–Trinajstić information content (AvgIpc) is 2.19. The lowest BCUT2D eigenvalue weighted by atomic mass is 10.2. The minimum atomic E-state index is 0.0806. The van der Waals surface area contributed by atoms with Crippen molar-refractivity contribution in [3.05, 3.63) is 29.8 Å². The van der Waals surface area contributed by atoms with E-state index < -0.39 is 0 Å². The minimum absolute atomic E-state index is 0.0806. The number of hydrogen-bond donors (Lipinski definition) is 1. The number of ether oxygens (including phenoxy) is 1. The molecule has 3 nitrogen and oxygen atoms in total. The quantitative estimate of drug-likeness (QED) is 0.737. The smallest absolute Gasteiger partial charge is 0.118 e. The van der Waals surface area contributed by atoms with Gasteiger partial charge in [-0.2, -0.15) is 0 Å². The van der Waals surface area contributed by atoms with Crippen LogP contribution in [-0.4, -0.2) is 25.2 Å². The van der Waals surface area contributed by atoms with Gasteiger partial charge in [0.15, 0.2) is 0 Å². The second-order valence-corrected chi connectivity index (χ2v) is 3.50. The second kappa shape index (κ2) is 4.98. The molecule has 0 amide bonds. The van der Waals surface area contributed by atoms with Crippen LogP contribution in [0.4, 0.5) is 0 Å². The summed E-state index contributed by atoms with van der Waals surface area (Å²) in [6.45, 7) is 2.84. The van der Waals surface area contributed by atoms with E-state index in [1.165, 1.54) is 5.56 Å². The normalized spacial score (nSPS) is 12.9. The summed E-state index contributed by atoms with van der Waals surface area (Å²) >= 11 is 0. The van der Waals surface area contributed by atoms with Gasteiger partial charge in [-0.15, -0.1) is 0 Å². The Balaban J connectivity index is 2.59. The second-order valence-electron chi connectivity index (χ2n) is 3.50. The molecule has 2 N–H and O–H groups in total. The van der Waals surface area contributed by atoms with Crippen LogP contribution >= 0.6 is 0 Å². The molecule has 78 valence electrons. The van der Waals surface area contributed by atoms with Crippen molar-refractivity contribution in [3.63, 3.8) is 0 Å². The van der Waals surface area contributed by atoms with Crippen molar-refractivity contribution in [2.45, 2.75) is 19.6 Å². The zero-order valence-corrected chi connectivity index (χ0v) is 9.03. The van der Waals surface area contributed by atoms with Crippen LogP contribution in [-0.2, 0) is 6.54 Å². The lowest BCUT2D eigenvalue weighted by molar-refractivity contribution is 0.255. The Bertz CT molecular complexity index is 269. The van der Waals surface area contributed by atoms with Crippen molar-refractivity contribution < 1.29 is 4.74 Å². The Hall–Kier alpha value is -1.06. The Labute approximate surface area is 85.5 Å². The largest absolute Gasteiger partial charge is 0.497 e. The molecular weight excluding hydrogens is 176 g/mol. The van der Waals surface area contributed by atoms with Gasteiger partial charge in [-0.05, 0) is 31.7 Å². The molecule has 0 saturated carbocycles. The highest BCUT2D eigenvalue weighted by molar-refractivity contribution is 5.27. The third-order valence-corrected chi connectivity index (χ3v) is 2.29. The van der Waals surface area contributed by atoms with Gasteiger partial charge in [0.05, 0.1) is 13.3 Å². The fourth-order valence-corrected chi connectivity index (χ4v) is 1.16. The van der Waals surface area contributed by atoms with E-state index in [4.69, 9.17) is 10.5 Å². The van der Waals surface area contributed by atoms with Crippen LogP contribution in [0.15, 0.2) is 24.3 Å². The molecule has 0 saturated heterocycles. The SMILES string of the molecule is COc1ccc(CN(C)C(C)N)cc1. The average molecular weight is 194 g/mol. The van der Waals surface area contributed by atoms with E-state index in [-0.39, 0.29) is 6.17 Å². The molecule has 0 aliphatic carbocycles. The first-order chi connectivity index (χ1) is 6.63. The fraction of sp³-hybridized carbons (Fsp3) is 0.455. The number of methoxy groups -OCH3 is 1. The van der Waals surface area contributed by atoms with Gasteiger partial charge in [-0.3, -0.25) is 4.90 Å². The molecule has 0 heterocycles. The lowest BCUT2D eigenvalue weighted by Gasteiger charge is -2.20. The molecule has 0 bridgehead atoms. The maximum Gasteiger partial charge on any atom is 0.118 e. The summed E-state index contributed by atoms with van der Waals surface area (Å²) in [4.78, 5) is 2.09. The summed E-state index contributed by atoms with van der Waals surface area (Å²) in [7, 11) is 3.68. The minimum Gasteiger partial charge on any atom is -0.497 e. The first-order valence-electron chi connectivity index (χ1n) is 4.72. The standard InChI is InChI=1S/C11H18N2O/c1-9(12)13(2)8-10-4-6-11(14-3)7-5-10/h4-7,9H,8,12H2,1-3H3. The van der Waals surface area contributed by atoms with Gasteiger partial charge in [-0.25, -0.2) is 0 Å². The van der Waals surface area contributed by atoms with Crippen molar-refractivity contribution >= 4 is 0 Å². The monoisotopic (exact) mass is 194 g/mol. The van der Waals surface area contributed by atoms with E-state index in [1.54, 1.807) is 7.11 Å². The zero-order valence-electron chi connectivity index (χ0n) is 9.03. The lowest BCUT2D eigenvalue weighted by Crippen LogP contribution is -2.35. The fourth-order valence-electron chi connectivity index (χ4n) is 1.16. The summed E-state index contributed by atoms with van der Waals surface area (Å²) in [5.74, 6) is 0.886. The summed E-state index contributed by atoms with van der Waals surface area (Å²) < 4.78 is 5.08. The van der Waals surface area contributed by atoms with E-state index in [0.717, 1.165) is 12.3 Å². The molecule has 1 rings (SSSR count). The van der Waals surface area contributed by atoms with Gasteiger partial charge in [0, 0.05) is 6.54 Å². The Kier molecular flexibility index (Phi) is 3.92. The van der Waals surface area contributed by atoms with E-state index in [1.807, 2.05) is 26.1 Å². The topological polar surface area (TPSA) is 38.5 Å². The Morgan fingerprint density at radius 2 is 1.93 bits per heavy atom. The van der Waals surface area contributed by atoms with E-state index in [0.29, 0.717) is 0 Å². The van der Waals surface area contributed by atoms with Gasteiger partial charge in [-0.1, -0.05) is 12.1 Å². The van der Waals surface area contributed by atoms with Crippen LogP contribution in [0.25, 0.3) is 0 Å². The van der Waals surface area contributed by atoms with Gasteiger partial charge in [0.25, 0.3) is 0 Å². The molecule has 0 aromatic heterocycles. The summed E-state index contributed by atoms with van der Waals surface area (Å²) in [6, 6.07) is 8.03. The van der Waals surface area contributed by atoms with Crippen molar-refractivity contribution in [3.8, 4) is 5.75 Å². The van der Waals surface area contributed by atoms with Crippen LogP contribution in [0, 0.1) is 0 Å². The Morgan fingerprint density at radius 3 is 2.36 bits per heavy atom. The first kappa shape index (κ1) is 11.0. The van der Waals surface area contributed by atoms with Crippen LogP contribution in [0.1, 0.15) is 12.5 Å². The molecule has 3 heteroatoms. The first-order valence-corrected chi connectivity index (χ1v) is 4.72. The van der Waals surface area contributed by atoms with Gasteiger partial charge < -0.3 is 10.5 Å². The van der Waals surface area contributed by atoms with Crippen molar-refractivity contribution in [2.24, 2.45) is 5.73 Å². The summed E-state index contributed by atoms with van der Waals surface area (Å²) in [5.41, 5.74) is 6.98. The van der Waals surface area contributed by atoms with E-state index in [9.17, 15) is 0 Å². The van der Waals surface area contributed by atoms with Gasteiger partial charge >= 0.3 is 0 Å². The van der Waals surface area contributed by atoms with Crippen LogP contribution in [0.2, 0.25) is 0 Å².